The molecule has 108 valence electrons. The van der Waals surface area contributed by atoms with E-state index in [0.717, 1.165) is 12.0 Å². The Morgan fingerprint density at radius 1 is 1.32 bits per heavy atom. The summed E-state index contributed by atoms with van der Waals surface area (Å²) in [5.74, 6) is 0. The van der Waals surface area contributed by atoms with E-state index >= 15 is 0 Å². The van der Waals surface area contributed by atoms with Crippen LogP contribution < -0.4 is 5.32 Å². The molecule has 0 bridgehead atoms. The van der Waals surface area contributed by atoms with Gasteiger partial charge in [0.1, 0.15) is 0 Å². The summed E-state index contributed by atoms with van der Waals surface area (Å²) in [6.07, 6.45) is 0.810. The van der Waals surface area contributed by atoms with Gasteiger partial charge in [-0.1, -0.05) is 32.9 Å². The molecule has 0 aromatic heterocycles. The van der Waals surface area contributed by atoms with Gasteiger partial charge in [-0.2, -0.15) is 0 Å². The summed E-state index contributed by atoms with van der Waals surface area (Å²) in [4.78, 5) is 0.367. The first kappa shape index (κ1) is 16.1. The Labute approximate surface area is 116 Å². The number of nitrogens with one attached hydrogen (secondary N) is 1. The van der Waals surface area contributed by atoms with E-state index < -0.39 is 10.0 Å². The molecule has 0 aliphatic rings. The number of benzene rings is 1. The minimum Gasteiger partial charge on any atom is -0.310 e. The van der Waals surface area contributed by atoms with Gasteiger partial charge >= 0.3 is 0 Å². The third kappa shape index (κ3) is 4.60. The van der Waals surface area contributed by atoms with Crippen LogP contribution in [-0.2, 0) is 16.6 Å². The van der Waals surface area contributed by atoms with Gasteiger partial charge in [-0.15, -0.1) is 0 Å². The fraction of sp³-hybridized carbons (Fsp3) is 0.571. The van der Waals surface area contributed by atoms with Crippen LogP contribution in [0.4, 0.5) is 0 Å². The largest absolute Gasteiger partial charge is 0.310 e. The summed E-state index contributed by atoms with van der Waals surface area (Å²) < 4.78 is 26.0. The molecule has 1 rings (SSSR count). The summed E-state index contributed by atoms with van der Waals surface area (Å²) in [5, 5.41) is 3.29. The molecule has 0 radical (unpaired) electrons. The summed E-state index contributed by atoms with van der Waals surface area (Å²) in [6, 6.07) is 7.51. The average Bonchev–Trinajstić information content (AvgIpc) is 2.37. The highest BCUT2D eigenvalue weighted by atomic mass is 32.2. The van der Waals surface area contributed by atoms with E-state index in [9.17, 15) is 8.42 Å². The third-order valence-electron chi connectivity index (χ3n) is 2.86. The van der Waals surface area contributed by atoms with E-state index in [1.807, 2.05) is 13.0 Å². The third-order valence-corrected chi connectivity index (χ3v) is 4.71. The maximum atomic E-state index is 12.3. The van der Waals surface area contributed by atoms with Crippen LogP contribution in [-0.4, -0.2) is 32.4 Å². The van der Waals surface area contributed by atoms with E-state index in [1.54, 1.807) is 25.2 Å². The predicted octanol–water partition coefficient (Wildman–Crippen LogP) is 2.22. The SMILES string of the molecule is CCCN(C)S(=O)(=O)c1cccc(CNC(C)C)c1. The molecular formula is C14H24N2O2S. The lowest BCUT2D eigenvalue weighted by molar-refractivity contribution is 0.468. The Hall–Kier alpha value is -0.910. The Morgan fingerprint density at radius 2 is 2.00 bits per heavy atom. The lowest BCUT2D eigenvalue weighted by Crippen LogP contribution is -2.28. The van der Waals surface area contributed by atoms with E-state index in [0.29, 0.717) is 24.0 Å². The van der Waals surface area contributed by atoms with Crippen LogP contribution in [0.25, 0.3) is 0 Å². The van der Waals surface area contributed by atoms with Gasteiger partial charge in [-0.05, 0) is 24.1 Å². The van der Waals surface area contributed by atoms with Crippen LogP contribution >= 0.6 is 0 Å². The van der Waals surface area contributed by atoms with Gasteiger partial charge in [0.2, 0.25) is 10.0 Å². The molecule has 1 aromatic carbocycles. The fourth-order valence-corrected chi connectivity index (χ4v) is 3.09. The van der Waals surface area contributed by atoms with Gasteiger partial charge in [0.15, 0.2) is 0 Å². The standard InChI is InChI=1S/C14H24N2O2S/c1-5-9-16(4)19(17,18)14-8-6-7-13(10-14)11-15-12(2)3/h6-8,10,12,15H,5,9,11H2,1-4H3. The second-order valence-corrected chi connectivity index (χ2v) is 7.05. The first-order valence-corrected chi connectivity index (χ1v) is 8.10. The smallest absolute Gasteiger partial charge is 0.242 e. The zero-order valence-corrected chi connectivity index (χ0v) is 13.0. The van der Waals surface area contributed by atoms with Crippen LogP contribution in [0, 0.1) is 0 Å². The molecular weight excluding hydrogens is 260 g/mol. The van der Waals surface area contributed by atoms with Crippen molar-refractivity contribution in [2.45, 2.75) is 44.7 Å². The highest BCUT2D eigenvalue weighted by Gasteiger charge is 2.19. The van der Waals surface area contributed by atoms with E-state index in [4.69, 9.17) is 0 Å². The quantitative estimate of drug-likeness (QED) is 0.835. The lowest BCUT2D eigenvalue weighted by Gasteiger charge is -2.17. The molecule has 0 saturated carbocycles. The minimum absolute atomic E-state index is 0.367. The molecule has 0 fully saturated rings. The Morgan fingerprint density at radius 3 is 2.58 bits per heavy atom. The van der Waals surface area contributed by atoms with Crippen molar-refractivity contribution in [3.05, 3.63) is 29.8 Å². The molecule has 19 heavy (non-hydrogen) atoms. The minimum atomic E-state index is -3.36. The number of sulfonamides is 1. The molecule has 1 N–H and O–H groups in total. The van der Waals surface area contributed by atoms with E-state index in [2.05, 4.69) is 19.2 Å². The number of rotatable bonds is 7. The van der Waals surface area contributed by atoms with Crippen molar-refractivity contribution in [1.82, 2.24) is 9.62 Å². The highest BCUT2D eigenvalue weighted by molar-refractivity contribution is 7.89. The van der Waals surface area contributed by atoms with Crippen molar-refractivity contribution in [2.75, 3.05) is 13.6 Å². The molecule has 0 aliphatic heterocycles. The van der Waals surface area contributed by atoms with Crippen molar-refractivity contribution in [3.63, 3.8) is 0 Å². The van der Waals surface area contributed by atoms with Crippen LogP contribution in [0.3, 0.4) is 0 Å². The zero-order chi connectivity index (χ0) is 14.5. The number of hydrogen-bond donors (Lipinski definition) is 1. The Balaban J connectivity index is 2.92. The van der Waals surface area contributed by atoms with Gasteiger partial charge in [0, 0.05) is 26.2 Å². The molecule has 5 heteroatoms. The molecule has 0 unspecified atom stereocenters. The molecule has 0 spiro atoms. The van der Waals surface area contributed by atoms with Gasteiger partial charge < -0.3 is 5.32 Å². The second-order valence-electron chi connectivity index (χ2n) is 5.01. The Bertz CT molecular complexity index is 498. The van der Waals surface area contributed by atoms with Gasteiger partial charge in [0.05, 0.1) is 4.90 Å². The lowest BCUT2D eigenvalue weighted by atomic mass is 10.2. The Kier molecular flexibility index (Phi) is 5.97. The topological polar surface area (TPSA) is 49.4 Å². The second kappa shape index (κ2) is 7.03. The molecule has 0 atom stereocenters. The van der Waals surface area contributed by atoms with Crippen LogP contribution in [0.15, 0.2) is 29.2 Å². The van der Waals surface area contributed by atoms with Crippen LogP contribution in [0.2, 0.25) is 0 Å². The van der Waals surface area contributed by atoms with Gasteiger partial charge in [-0.3, -0.25) is 0 Å². The normalized spacial score (nSPS) is 12.3. The maximum Gasteiger partial charge on any atom is 0.242 e. The fourth-order valence-electron chi connectivity index (χ4n) is 1.75. The average molecular weight is 284 g/mol. The molecule has 0 aliphatic carbocycles. The number of nitrogens with zero attached hydrogens (tertiary/aromatic N) is 1. The molecule has 4 nitrogen and oxygen atoms in total. The van der Waals surface area contributed by atoms with Crippen molar-refractivity contribution < 1.29 is 8.42 Å². The van der Waals surface area contributed by atoms with Crippen molar-refractivity contribution in [1.29, 1.82) is 0 Å². The van der Waals surface area contributed by atoms with Crippen molar-refractivity contribution >= 4 is 10.0 Å². The number of hydrogen-bond acceptors (Lipinski definition) is 3. The molecule has 1 aromatic rings. The summed E-state index contributed by atoms with van der Waals surface area (Å²) in [7, 11) is -1.73. The van der Waals surface area contributed by atoms with Gasteiger partial charge in [0.25, 0.3) is 0 Å². The summed E-state index contributed by atoms with van der Waals surface area (Å²) >= 11 is 0. The maximum absolute atomic E-state index is 12.3. The van der Waals surface area contributed by atoms with Crippen LogP contribution in [0.5, 0.6) is 0 Å². The monoisotopic (exact) mass is 284 g/mol. The highest BCUT2D eigenvalue weighted by Crippen LogP contribution is 2.16. The zero-order valence-electron chi connectivity index (χ0n) is 12.2. The molecule has 0 amide bonds. The van der Waals surface area contributed by atoms with E-state index in [1.165, 1.54) is 4.31 Å². The summed E-state index contributed by atoms with van der Waals surface area (Å²) in [5.41, 5.74) is 0.986. The van der Waals surface area contributed by atoms with Crippen LogP contribution in [0.1, 0.15) is 32.8 Å². The predicted molar refractivity (Wildman–Crippen MR) is 78.5 cm³/mol. The van der Waals surface area contributed by atoms with Crippen molar-refractivity contribution in [3.8, 4) is 0 Å². The molecule has 0 saturated heterocycles. The van der Waals surface area contributed by atoms with E-state index in [-0.39, 0.29) is 0 Å². The first-order valence-electron chi connectivity index (χ1n) is 6.66. The molecule has 0 heterocycles. The van der Waals surface area contributed by atoms with Crippen molar-refractivity contribution in [2.24, 2.45) is 0 Å². The van der Waals surface area contributed by atoms with Gasteiger partial charge in [-0.25, -0.2) is 12.7 Å². The summed E-state index contributed by atoms with van der Waals surface area (Å²) in [6.45, 7) is 7.32. The first-order chi connectivity index (χ1) is 8.87.